The molecular formula is C16H17Cl2NOS. The van der Waals surface area contributed by atoms with Gasteiger partial charge in [0.05, 0.1) is 16.1 Å². The van der Waals surface area contributed by atoms with Crippen molar-refractivity contribution in [1.82, 2.24) is 0 Å². The second kappa shape index (κ2) is 6.07. The van der Waals surface area contributed by atoms with Crippen LogP contribution in [0.1, 0.15) is 41.1 Å². The van der Waals surface area contributed by atoms with E-state index >= 15 is 0 Å². The number of benzene rings is 1. The molecule has 0 fully saturated rings. The molecule has 1 aromatic heterocycles. The van der Waals surface area contributed by atoms with Crippen LogP contribution < -0.4 is 5.32 Å². The number of halogens is 2. The summed E-state index contributed by atoms with van der Waals surface area (Å²) in [5, 5.41) is 13.5. The van der Waals surface area contributed by atoms with Gasteiger partial charge in [0.25, 0.3) is 0 Å². The smallest absolute Gasteiger partial charge is 0.152 e. The van der Waals surface area contributed by atoms with Crippen LogP contribution >= 0.6 is 34.5 Å². The van der Waals surface area contributed by atoms with Crippen LogP contribution in [0.3, 0.4) is 0 Å². The fourth-order valence-electron chi connectivity index (χ4n) is 2.70. The summed E-state index contributed by atoms with van der Waals surface area (Å²) in [7, 11) is 0. The quantitative estimate of drug-likeness (QED) is 0.690. The normalized spacial score (nSPS) is 15.6. The Hall–Kier alpha value is -0.900. The maximum absolute atomic E-state index is 9.60. The third-order valence-electron chi connectivity index (χ3n) is 3.84. The van der Waals surface area contributed by atoms with Gasteiger partial charge < -0.3 is 10.4 Å². The molecule has 0 bridgehead atoms. The lowest BCUT2D eigenvalue weighted by atomic mass is 9.99. The van der Waals surface area contributed by atoms with E-state index in [1.165, 1.54) is 41.0 Å². The fourth-order valence-corrected chi connectivity index (χ4v) is 4.44. The predicted octanol–water partition coefficient (Wildman–Crippen LogP) is 5.81. The van der Waals surface area contributed by atoms with Gasteiger partial charge in [-0.3, -0.25) is 0 Å². The van der Waals surface area contributed by atoms with Crippen LogP contribution in [0.4, 0.5) is 5.69 Å². The van der Waals surface area contributed by atoms with Gasteiger partial charge >= 0.3 is 0 Å². The summed E-state index contributed by atoms with van der Waals surface area (Å²) in [6.45, 7) is 2.13. The van der Waals surface area contributed by atoms with Gasteiger partial charge in [-0.1, -0.05) is 23.2 Å². The van der Waals surface area contributed by atoms with Crippen LogP contribution in [0.15, 0.2) is 18.2 Å². The lowest BCUT2D eigenvalue weighted by molar-refractivity contribution is 0.476. The molecule has 0 spiro atoms. The summed E-state index contributed by atoms with van der Waals surface area (Å²) >= 11 is 13.8. The summed E-state index contributed by atoms with van der Waals surface area (Å²) in [5.41, 5.74) is 2.33. The maximum atomic E-state index is 9.60. The van der Waals surface area contributed by atoms with Crippen molar-refractivity contribution in [1.29, 1.82) is 0 Å². The van der Waals surface area contributed by atoms with Crippen molar-refractivity contribution in [2.24, 2.45) is 0 Å². The Bertz CT molecular complexity index is 622. The number of hydrogen-bond donors (Lipinski definition) is 2. The monoisotopic (exact) mass is 341 g/mol. The standard InChI is InChI=1S/C16H17Cl2NOS/c1-9(15-6-10-4-2-3-5-14(10)21-15)19-11-7-12(17)16(20)13(18)8-11/h6-9,19-20H,2-5H2,1H3. The van der Waals surface area contributed by atoms with Crippen LogP contribution in [-0.4, -0.2) is 5.11 Å². The molecule has 2 N–H and O–H groups in total. The first kappa shape index (κ1) is 15.0. The van der Waals surface area contributed by atoms with E-state index in [0.717, 1.165) is 5.69 Å². The molecule has 0 saturated heterocycles. The molecule has 21 heavy (non-hydrogen) atoms. The number of aromatic hydroxyl groups is 1. The number of aryl methyl sites for hydroxylation is 2. The molecule has 2 nitrogen and oxygen atoms in total. The molecule has 2 aromatic rings. The first-order valence-electron chi connectivity index (χ1n) is 7.10. The summed E-state index contributed by atoms with van der Waals surface area (Å²) in [5.74, 6) is -0.0666. The van der Waals surface area contributed by atoms with Gasteiger partial charge in [0, 0.05) is 15.4 Å². The minimum Gasteiger partial charge on any atom is -0.505 e. The van der Waals surface area contributed by atoms with Gasteiger partial charge in [-0.05, 0) is 56.4 Å². The largest absolute Gasteiger partial charge is 0.505 e. The van der Waals surface area contributed by atoms with Gasteiger partial charge in [0.2, 0.25) is 0 Å². The topological polar surface area (TPSA) is 32.3 Å². The molecule has 5 heteroatoms. The molecule has 0 saturated carbocycles. The second-order valence-corrected chi connectivity index (χ2v) is 7.44. The van der Waals surface area contributed by atoms with E-state index < -0.39 is 0 Å². The minimum absolute atomic E-state index is 0.0666. The van der Waals surface area contributed by atoms with Gasteiger partial charge in [-0.25, -0.2) is 0 Å². The van der Waals surface area contributed by atoms with Crippen molar-refractivity contribution in [3.63, 3.8) is 0 Å². The molecule has 1 heterocycles. The zero-order valence-corrected chi connectivity index (χ0v) is 14.1. The summed E-state index contributed by atoms with van der Waals surface area (Å²) in [6.07, 6.45) is 5.02. The first-order chi connectivity index (χ1) is 10.0. The highest BCUT2D eigenvalue weighted by Crippen LogP contribution is 2.37. The van der Waals surface area contributed by atoms with Gasteiger partial charge in [-0.15, -0.1) is 11.3 Å². The molecule has 0 aliphatic heterocycles. The third kappa shape index (κ3) is 3.15. The summed E-state index contributed by atoms with van der Waals surface area (Å²) in [4.78, 5) is 2.87. The molecule has 112 valence electrons. The van der Waals surface area contributed by atoms with Gasteiger partial charge in [0.1, 0.15) is 0 Å². The zero-order valence-electron chi connectivity index (χ0n) is 11.7. The van der Waals surface area contributed by atoms with E-state index in [-0.39, 0.29) is 21.8 Å². The number of nitrogens with one attached hydrogen (secondary N) is 1. The number of rotatable bonds is 3. The van der Waals surface area contributed by atoms with E-state index in [0.29, 0.717) is 0 Å². The average Bonchev–Trinajstić information content (AvgIpc) is 2.88. The van der Waals surface area contributed by atoms with E-state index in [2.05, 4.69) is 18.3 Å². The number of thiophene rings is 1. The number of phenols is 1. The van der Waals surface area contributed by atoms with Crippen LogP contribution in [-0.2, 0) is 12.8 Å². The van der Waals surface area contributed by atoms with Crippen LogP contribution in [0.25, 0.3) is 0 Å². The Balaban J connectivity index is 1.80. The van der Waals surface area contributed by atoms with E-state index in [9.17, 15) is 5.11 Å². The molecule has 1 aliphatic carbocycles. The highest BCUT2D eigenvalue weighted by molar-refractivity contribution is 7.12. The van der Waals surface area contributed by atoms with E-state index in [4.69, 9.17) is 23.2 Å². The fraction of sp³-hybridized carbons (Fsp3) is 0.375. The van der Waals surface area contributed by atoms with Crippen LogP contribution in [0.2, 0.25) is 10.0 Å². The Morgan fingerprint density at radius 2 is 1.81 bits per heavy atom. The number of phenolic OH excluding ortho intramolecular Hbond substituents is 1. The lowest BCUT2D eigenvalue weighted by Gasteiger charge is -2.15. The van der Waals surface area contributed by atoms with Crippen molar-refractivity contribution >= 4 is 40.2 Å². The highest BCUT2D eigenvalue weighted by Gasteiger charge is 2.17. The summed E-state index contributed by atoms with van der Waals surface area (Å²) < 4.78 is 0. The molecule has 0 radical (unpaired) electrons. The molecule has 1 aromatic carbocycles. The Kier molecular flexibility index (Phi) is 4.34. The zero-order chi connectivity index (χ0) is 15.0. The second-order valence-electron chi connectivity index (χ2n) is 5.46. The molecule has 1 atom stereocenters. The van der Waals surface area contributed by atoms with Gasteiger partial charge in [0.15, 0.2) is 5.75 Å². The number of fused-ring (bicyclic) bond motifs is 1. The van der Waals surface area contributed by atoms with Crippen LogP contribution in [0.5, 0.6) is 5.75 Å². The van der Waals surface area contributed by atoms with Crippen molar-refractivity contribution in [3.05, 3.63) is 43.6 Å². The molecule has 1 unspecified atom stereocenters. The van der Waals surface area contributed by atoms with E-state index in [1.54, 1.807) is 12.1 Å². The third-order valence-corrected chi connectivity index (χ3v) is 5.84. The van der Waals surface area contributed by atoms with Crippen molar-refractivity contribution in [2.75, 3.05) is 5.32 Å². The Morgan fingerprint density at radius 3 is 2.48 bits per heavy atom. The van der Waals surface area contributed by atoms with E-state index in [1.807, 2.05) is 11.3 Å². The van der Waals surface area contributed by atoms with Crippen LogP contribution in [0, 0.1) is 0 Å². The SMILES string of the molecule is CC(Nc1cc(Cl)c(O)c(Cl)c1)c1cc2c(s1)CCCC2. The molecule has 0 amide bonds. The van der Waals surface area contributed by atoms with Crippen molar-refractivity contribution in [2.45, 2.75) is 38.6 Å². The average molecular weight is 342 g/mol. The lowest BCUT2D eigenvalue weighted by Crippen LogP contribution is -2.04. The minimum atomic E-state index is -0.0666. The van der Waals surface area contributed by atoms with Gasteiger partial charge in [-0.2, -0.15) is 0 Å². The van der Waals surface area contributed by atoms with Crippen molar-refractivity contribution < 1.29 is 5.11 Å². The number of hydrogen-bond acceptors (Lipinski definition) is 3. The highest BCUT2D eigenvalue weighted by atomic mass is 35.5. The maximum Gasteiger partial charge on any atom is 0.152 e. The predicted molar refractivity (Wildman–Crippen MR) is 91.1 cm³/mol. The Labute approximate surface area is 138 Å². The molecule has 1 aliphatic rings. The first-order valence-corrected chi connectivity index (χ1v) is 8.68. The Morgan fingerprint density at radius 1 is 1.14 bits per heavy atom. The molecular weight excluding hydrogens is 325 g/mol. The summed E-state index contributed by atoms with van der Waals surface area (Å²) in [6, 6.07) is 5.91. The van der Waals surface area contributed by atoms with Crippen molar-refractivity contribution in [3.8, 4) is 5.75 Å². The molecule has 3 rings (SSSR count). The number of anilines is 1.